The number of para-hydroxylation sites is 1. The van der Waals surface area contributed by atoms with Crippen molar-refractivity contribution in [2.45, 2.75) is 46.3 Å². The Hall–Kier alpha value is -1.77. The van der Waals surface area contributed by atoms with E-state index in [0.717, 1.165) is 17.7 Å². The monoisotopic (exact) mass is 262 g/mol. The van der Waals surface area contributed by atoms with Crippen LogP contribution in [0.25, 0.3) is 6.08 Å². The van der Waals surface area contributed by atoms with Gasteiger partial charge in [-0.15, -0.1) is 0 Å². The summed E-state index contributed by atoms with van der Waals surface area (Å²) >= 11 is 0. The van der Waals surface area contributed by atoms with E-state index in [1.165, 1.54) is 6.08 Å². The molecule has 19 heavy (non-hydrogen) atoms. The average Bonchev–Trinajstić information content (AvgIpc) is 2.36. The Kier molecular flexibility index (Phi) is 6.13. The van der Waals surface area contributed by atoms with Crippen LogP contribution in [0.2, 0.25) is 0 Å². The molecular formula is C16H22O3. The minimum atomic E-state index is -0.339. The maximum Gasteiger partial charge on any atom is 0.331 e. The number of ether oxygens (including phenoxy) is 2. The first-order chi connectivity index (χ1) is 9.02. The molecule has 0 N–H and O–H groups in total. The quantitative estimate of drug-likeness (QED) is 0.577. The molecule has 1 unspecified atom stereocenters. The van der Waals surface area contributed by atoms with E-state index in [1.54, 1.807) is 6.08 Å². The average molecular weight is 262 g/mol. The zero-order chi connectivity index (χ0) is 14.3. The summed E-state index contributed by atoms with van der Waals surface area (Å²) < 4.78 is 10.9. The summed E-state index contributed by atoms with van der Waals surface area (Å²) in [4.78, 5) is 11.5. The maximum absolute atomic E-state index is 11.5. The highest BCUT2D eigenvalue weighted by Gasteiger charge is 2.05. The molecule has 0 aliphatic heterocycles. The highest BCUT2D eigenvalue weighted by molar-refractivity contribution is 5.87. The standard InChI is InChI=1S/C16H22O3/c1-5-13(4)19-15-9-7-6-8-14(15)10-11-16(17)18-12(2)3/h6-13H,5H2,1-4H3. The molecule has 104 valence electrons. The van der Waals surface area contributed by atoms with Crippen LogP contribution < -0.4 is 4.74 Å². The van der Waals surface area contributed by atoms with Crippen LogP contribution in [0.5, 0.6) is 5.75 Å². The Bertz CT molecular complexity index is 435. The third-order valence-corrected chi connectivity index (χ3v) is 2.57. The number of benzene rings is 1. The first-order valence-electron chi connectivity index (χ1n) is 6.67. The molecule has 3 heteroatoms. The predicted octanol–water partition coefficient (Wildman–Crippen LogP) is 3.83. The van der Waals surface area contributed by atoms with Gasteiger partial charge in [-0.25, -0.2) is 4.79 Å². The van der Waals surface area contributed by atoms with Crippen molar-refractivity contribution < 1.29 is 14.3 Å². The van der Waals surface area contributed by atoms with E-state index in [2.05, 4.69) is 6.92 Å². The van der Waals surface area contributed by atoms with Gasteiger partial charge in [-0.3, -0.25) is 0 Å². The van der Waals surface area contributed by atoms with Crippen LogP contribution in [-0.4, -0.2) is 18.2 Å². The molecule has 0 bridgehead atoms. The summed E-state index contributed by atoms with van der Waals surface area (Å²) in [6.07, 6.45) is 4.13. The van der Waals surface area contributed by atoms with Gasteiger partial charge in [-0.05, 0) is 39.3 Å². The van der Waals surface area contributed by atoms with E-state index >= 15 is 0 Å². The van der Waals surface area contributed by atoms with Gasteiger partial charge in [-0.1, -0.05) is 25.1 Å². The molecule has 0 amide bonds. The molecule has 0 fully saturated rings. The van der Waals surface area contributed by atoms with Crippen molar-refractivity contribution in [1.29, 1.82) is 0 Å². The Morgan fingerprint density at radius 3 is 2.58 bits per heavy atom. The maximum atomic E-state index is 11.5. The molecule has 0 heterocycles. The lowest BCUT2D eigenvalue weighted by Crippen LogP contribution is -2.10. The summed E-state index contributed by atoms with van der Waals surface area (Å²) in [5.41, 5.74) is 0.878. The third kappa shape index (κ3) is 5.60. The molecule has 1 atom stereocenters. The predicted molar refractivity (Wildman–Crippen MR) is 77.1 cm³/mol. The van der Waals surface area contributed by atoms with Gasteiger partial charge >= 0.3 is 5.97 Å². The van der Waals surface area contributed by atoms with Crippen LogP contribution in [-0.2, 0) is 9.53 Å². The molecule has 0 saturated carbocycles. The normalized spacial score (nSPS) is 12.7. The fraction of sp³-hybridized carbons (Fsp3) is 0.438. The summed E-state index contributed by atoms with van der Waals surface area (Å²) in [6, 6.07) is 7.65. The lowest BCUT2D eigenvalue weighted by Gasteiger charge is -2.14. The molecule has 0 aliphatic rings. The number of rotatable bonds is 6. The second kappa shape index (κ2) is 7.62. The van der Waals surface area contributed by atoms with Crippen LogP contribution in [0.4, 0.5) is 0 Å². The molecule has 0 radical (unpaired) electrons. The van der Waals surface area contributed by atoms with Gasteiger partial charge in [0.25, 0.3) is 0 Å². The molecule has 1 aromatic carbocycles. The fourth-order valence-electron chi connectivity index (χ4n) is 1.46. The van der Waals surface area contributed by atoms with E-state index in [0.29, 0.717) is 0 Å². The second-order valence-electron chi connectivity index (χ2n) is 4.69. The van der Waals surface area contributed by atoms with Gasteiger partial charge in [0.1, 0.15) is 5.75 Å². The lowest BCUT2D eigenvalue weighted by atomic mass is 10.2. The van der Waals surface area contributed by atoms with Crippen LogP contribution >= 0.6 is 0 Å². The van der Waals surface area contributed by atoms with Crippen LogP contribution in [0, 0.1) is 0 Å². The molecule has 0 saturated heterocycles. The van der Waals surface area contributed by atoms with Crippen molar-refractivity contribution in [3.05, 3.63) is 35.9 Å². The first kappa shape index (κ1) is 15.3. The van der Waals surface area contributed by atoms with E-state index in [1.807, 2.05) is 45.0 Å². The van der Waals surface area contributed by atoms with Crippen molar-refractivity contribution in [3.63, 3.8) is 0 Å². The van der Waals surface area contributed by atoms with Crippen molar-refractivity contribution >= 4 is 12.0 Å². The van der Waals surface area contributed by atoms with Gasteiger partial charge in [0.15, 0.2) is 0 Å². The van der Waals surface area contributed by atoms with Gasteiger partial charge in [-0.2, -0.15) is 0 Å². The highest BCUT2D eigenvalue weighted by Crippen LogP contribution is 2.21. The first-order valence-corrected chi connectivity index (χ1v) is 6.67. The Labute approximate surface area is 115 Å². The molecule has 0 aliphatic carbocycles. The van der Waals surface area contributed by atoms with Crippen molar-refractivity contribution in [2.24, 2.45) is 0 Å². The Morgan fingerprint density at radius 1 is 1.26 bits per heavy atom. The van der Waals surface area contributed by atoms with Crippen molar-refractivity contribution in [2.75, 3.05) is 0 Å². The van der Waals surface area contributed by atoms with Crippen molar-refractivity contribution in [3.8, 4) is 5.75 Å². The van der Waals surface area contributed by atoms with E-state index in [4.69, 9.17) is 9.47 Å². The minimum Gasteiger partial charge on any atom is -0.490 e. The second-order valence-corrected chi connectivity index (χ2v) is 4.69. The summed E-state index contributed by atoms with van der Waals surface area (Å²) in [5.74, 6) is 0.443. The highest BCUT2D eigenvalue weighted by atomic mass is 16.5. The molecular weight excluding hydrogens is 240 g/mol. The van der Waals surface area contributed by atoms with E-state index in [-0.39, 0.29) is 18.2 Å². The largest absolute Gasteiger partial charge is 0.490 e. The number of carbonyl (C=O) groups excluding carboxylic acids is 1. The zero-order valence-corrected chi connectivity index (χ0v) is 12.1. The summed E-state index contributed by atoms with van der Waals surface area (Å²) in [5, 5.41) is 0. The number of hydrogen-bond donors (Lipinski definition) is 0. The molecule has 1 rings (SSSR count). The van der Waals surface area contributed by atoms with Gasteiger partial charge in [0.05, 0.1) is 12.2 Å². The topological polar surface area (TPSA) is 35.5 Å². The molecule has 3 nitrogen and oxygen atoms in total. The summed E-state index contributed by atoms with van der Waals surface area (Å²) in [6.45, 7) is 7.74. The van der Waals surface area contributed by atoms with Gasteiger partial charge in [0, 0.05) is 11.6 Å². The smallest absolute Gasteiger partial charge is 0.331 e. The fourth-order valence-corrected chi connectivity index (χ4v) is 1.46. The summed E-state index contributed by atoms with van der Waals surface area (Å²) in [7, 11) is 0. The SMILES string of the molecule is CCC(C)Oc1ccccc1C=CC(=O)OC(C)C. The van der Waals surface area contributed by atoms with Crippen LogP contribution in [0.1, 0.15) is 39.7 Å². The van der Waals surface area contributed by atoms with Gasteiger partial charge < -0.3 is 9.47 Å². The van der Waals surface area contributed by atoms with Crippen LogP contribution in [0.15, 0.2) is 30.3 Å². The minimum absolute atomic E-state index is 0.108. The number of hydrogen-bond acceptors (Lipinski definition) is 3. The van der Waals surface area contributed by atoms with E-state index in [9.17, 15) is 4.79 Å². The Morgan fingerprint density at radius 2 is 1.95 bits per heavy atom. The Balaban J connectivity index is 2.77. The zero-order valence-electron chi connectivity index (χ0n) is 12.1. The van der Waals surface area contributed by atoms with E-state index < -0.39 is 0 Å². The van der Waals surface area contributed by atoms with Crippen molar-refractivity contribution in [1.82, 2.24) is 0 Å². The molecule has 0 spiro atoms. The number of esters is 1. The third-order valence-electron chi connectivity index (χ3n) is 2.57. The lowest BCUT2D eigenvalue weighted by molar-refractivity contribution is -0.141. The number of carbonyl (C=O) groups is 1. The van der Waals surface area contributed by atoms with Gasteiger partial charge in [0.2, 0.25) is 0 Å². The molecule has 0 aromatic heterocycles. The van der Waals surface area contributed by atoms with Crippen LogP contribution in [0.3, 0.4) is 0 Å². The molecule has 1 aromatic rings.